The highest BCUT2D eigenvalue weighted by Crippen LogP contribution is 2.22. The molecule has 0 saturated carbocycles. The van der Waals surface area contributed by atoms with E-state index in [1.54, 1.807) is 0 Å². The third kappa shape index (κ3) is 2.00. The molecule has 1 aromatic carbocycles. The number of nitrogens with one attached hydrogen (secondary N) is 1. The first-order valence-electron chi connectivity index (χ1n) is 4.70. The molecule has 0 aliphatic carbocycles. The van der Waals surface area contributed by atoms with Crippen molar-refractivity contribution in [3.05, 3.63) is 46.4 Å². The van der Waals surface area contributed by atoms with Gasteiger partial charge in [-0.05, 0) is 17.7 Å². The van der Waals surface area contributed by atoms with Gasteiger partial charge in [0.2, 0.25) is 0 Å². The van der Waals surface area contributed by atoms with Gasteiger partial charge in [0.15, 0.2) is 0 Å². The molecule has 0 unspecified atom stereocenters. The number of H-pyrrole nitrogens is 1. The van der Waals surface area contributed by atoms with E-state index in [-0.39, 0.29) is 16.9 Å². The Hall–Kier alpha value is -2.63. The maximum atomic E-state index is 11.4. The maximum absolute atomic E-state index is 11.4. The second-order valence-corrected chi connectivity index (χ2v) is 3.34. The first-order valence-corrected chi connectivity index (χ1v) is 4.70. The van der Waals surface area contributed by atoms with Crippen molar-refractivity contribution in [2.24, 2.45) is 0 Å². The Kier molecular flexibility index (Phi) is 2.61. The number of benzene rings is 1. The molecule has 3 N–H and O–H groups in total. The van der Waals surface area contributed by atoms with Gasteiger partial charge in [0.25, 0.3) is 5.56 Å². The van der Waals surface area contributed by atoms with Crippen LogP contribution in [0, 0.1) is 0 Å². The number of hydrogen-bond donors (Lipinski definition) is 3. The van der Waals surface area contributed by atoms with Gasteiger partial charge in [-0.3, -0.25) is 4.79 Å². The number of phenolic OH excluding ortho intramolecular Hbond substituents is 1. The molecule has 2 rings (SSSR count). The van der Waals surface area contributed by atoms with E-state index in [1.807, 2.05) is 0 Å². The molecule has 17 heavy (non-hydrogen) atoms. The van der Waals surface area contributed by atoms with Gasteiger partial charge in [0, 0.05) is 5.56 Å². The van der Waals surface area contributed by atoms with Gasteiger partial charge in [-0.25, -0.2) is 9.89 Å². The standard InChI is InChI=1S/C11H8N2O4/c14-7-3-1-6(2-4-7)8-5-12-13-10(15)9(8)11(16)17/h1-5,14H,(H,13,15)(H,16,17). The number of nitrogens with zero attached hydrogens (tertiary/aromatic N) is 1. The minimum atomic E-state index is -1.32. The van der Waals surface area contributed by atoms with Crippen LogP contribution in [0.3, 0.4) is 0 Å². The normalized spacial score (nSPS) is 10.1. The molecule has 0 spiro atoms. The van der Waals surface area contributed by atoms with Crippen LogP contribution in [0.1, 0.15) is 10.4 Å². The fourth-order valence-electron chi connectivity index (χ4n) is 1.47. The Balaban J connectivity index is 2.67. The van der Waals surface area contributed by atoms with E-state index < -0.39 is 11.5 Å². The monoisotopic (exact) mass is 232 g/mol. The molecule has 0 radical (unpaired) electrons. The average molecular weight is 232 g/mol. The van der Waals surface area contributed by atoms with Crippen LogP contribution in [0.5, 0.6) is 5.75 Å². The molecule has 0 fully saturated rings. The highest BCUT2D eigenvalue weighted by atomic mass is 16.4. The van der Waals surface area contributed by atoms with Crippen LogP contribution in [-0.2, 0) is 0 Å². The number of aromatic hydroxyl groups is 1. The quantitative estimate of drug-likeness (QED) is 0.711. The van der Waals surface area contributed by atoms with Crippen molar-refractivity contribution in [3.8, 4) is 16.9 Å². The summed E-state index contributed by atoms with van der Waals surface area (Å²) in [6, 6.07) is 5.83. The lowest BCUT2D eigenvalue weighted by molar-refractivity contribution is 0.0695. The summed E-state index contributed by atoms with van der Waals surface area (Å²) in [6.07, 6.45) is 1.26. The van der Waals surface area contributed by atoms with Gasteiger partial charge >= 0.3 is 5.97 Å². The van der Waals surface area contributed by atoms with Crippen LogP contribution >= 0.6 is 0 Å². The summed E-state index contributed by atoms with van der Waals surface area (Å²) in [5.41, 5.74) is -0.422. The number of carbonyl (C=O) groups is 1. The number of carboxylic acid groups (broad SMARTS) is 1. The number of hydrogen-bond acceptors (Lipinski definition) is 4. The van der Waals surface area contributed by atoms with Crippen LogP contribution in [0.15, 0.2) is 35.3 Å². The number of aromatic carboxylic acids is 1. The van der Waals surface area contributed by atoms with Gasteiger partial charge in [-0.2, -0.15) is 5.10 Å². The summed E-state index contributed by atoms with van der Waals surface area (Å²) in [6.45, 7) is 0. The maximum Gasteiger partial charge on any atom is 0.342 e. The van der Waals surface area contributed by atoms with E-state index >= 15 is 0 Å². The Bertz CT molecular complexity index is 616. The molecule has 0 aliphatic heterocycles. The molecule has 0 saturated heterocycles. The van der Waals surface area contributed by atoms with Crippen LogP contribution in [0.25, 0.3) is 11.1 Å². The topological polar surface area (TPSA) is 103 Å². The van der Waals surface area contributed by atoms with Crippen molar-refractivity contribution in [2.45, 2.75) is 0 Å². The van der Waals surface area contributed by atoms with Gasteiger partial charge in [0.1, 0.15) is 11.3 Å². The molecule has 6 heteroatoms. The zero-order valence-electron chi connectivity index (χ0n) is 8.54. The van der Waals surface area contributed by atoms with Crippen molar-refractivity contribution >= 4 is 5.97 Å². The third-order valence-electron chi connectivity index (χ3n) is 2.25. The lowest BCUT2D eigenvalue weighted by Crippen LogP contribution is -2.19. The molecular formula is C11H8N2O4. The van der Waals surface area contributed by atoms with E-state index in [4.69, 9.17) is 10.2 Å². The summed E-state index contributed by atoms with van der Waals surface area (Å²) in [4.78, 5) is 22.4. The third-order valence-corrected chi connectivity index (χ3v) is 2.25. The van der Waals surface area contributed by atoms with E-state index in [1.165, 1.54) is 30.5 Å². The van der Waals surface area contributed by atoms with Gasteiger partial charge in [-0.1, -0.05) is 12.1 Å². The lowest BCUT2D eigenvalue weighted by Gasteiger charge is -2.04. The highest BCUT2D eigenvalue weighted by molar-refractivity contribution is 5.95. The van der Waals surface area contributed by atoms with Crippen molar-refractivity contribution in [1.82, 2.24) is 10.2 Å². The fourth-order valence-corrected chi connectivity index (χ4v) is 1.47. The predicted octanol–water partition coefficient (Wildman–Crippen LogP) is 0.841. The Morgan fingerprint density at radius 3 is 2.47 bits per heavy atom. The van der Waals surface area contributed by atoms with Gasteiger partial charge < -0.3 is 10.2 Å². The highest BCUT2D eigenvalue weighted by Gasteiger charge is 2.16. The lowest BCUT2D eigenvalue weighted by atomic mass is 10.0. The van der Waals surface area contributed by atoms with Crippen molar-refractivity contribution < 1.29 is 15.0 Å². The number of aromatic amines is 1. The Morgan fingerprint density at radius 2 is 1.88 bits per heavy atom. The summed E-state index contributed by atoms with van der Waals surface area (Å²) in [7, 11) is 0. The molecule has 6 nitrogen and oxygen atoms in total. The van der Waals surface area contributed by atoms with Gasteiger partial charge in [0.05, 0.1) is 6.20 Å². The average Bonchev–Trinajstić information content (AvgIpc) is 2.29. The number of carboxylic acids is 1. The van der Waals surface area contributed by atoms with Gasteiger partial charge in [-0.15, -0.1) is 0 Å². The minimum Gasteiger partial charge on any atom is -0.508 e. The molecule has 0 aliphatic rings. The number of aromatic nitrogens is 2. The van der Waals surface area contributed by atoms with Crippen LogP contribution in [-0.4, -0.2) is 26.4 Å². The largest absolute Gasteiger partial charge is 0.508 e. The number of phenols is 1. The Labute approximate surface area is 95.2 Å². The molecule has 1 heterocycles. The molecule has 1 aromatic heterocycles. The summed E-state index contributed by atoms with van der Waals surface area (Å²) in [5.74, 6) is -1.26. The van der Waals surface area contributed by atoms with E-state index in [0.29, 0.717) is 5.56 Å². The SMILES string of the molecule is O=C(O)c1c(-c2ccc(O)cc2)cn[nH]c1=O. The summed E-state index contributed by atoms with van der Waals surface area (Å²) < 4.78 is 0. The fraction of sp³-hybridized carbons (Fsp3) is 0. The molecule has 0 atom stereocenters. The smallest absolute Gasteiger partial charge is 0.342 e. The Morgan fingerprint density at radius 1 is 1.24 bits per heavy atom. The van der Waals surface area contributed by atoms with Crippen molar-refractivity contribution in [2.75, 3.05) is 0 Å². The molecule has 86 valence electrons. The zero-order valence-corrected chi connectivity index (χ0v) is 8.54. The second-order valence-electron chi connectivity index (χ2n) is 3.34. The minimum absolute atomic E-state index is 0.0587. The summed E-state index contributed by atoms with van der Waals surface area (Å²) >= 11 is 0. The van der Waals surface area contributed by atoms with Crippen LogP contribution in [0.2, 0.25) is 0 Å². The van der Waals surface area contributed by atoms with E-state index in [2.05, 4.69) is 10.2 Å². The molecule has 0 amide bonds. The first kappa shape index (κ1) is 10.9. The predicted molar refractivity (Wildman–Crippen MR) is 58.9 cm³/mol. The second kappa shape index (κ2) is 4.09. The zero-order chi connectivity index (χ0) is 12.4. The van der Waals surface area contributed by atoms with E-state index in [9.17, 15) is 9.59 Å². The number of rotatable bonds is 2. The van der Waals surface area contributed by atoms with Crippen molar-refractivity contribution in [3.63, 3.8) is 0 Å². The molecule has 2 aromatic rings. The first-order chi connectivity index (χ1) is 8.09. The molecule has 0 bridgehead atoms. The van der Waals surface area contributed by atoms with Crippen molar-refractivity contribution in [1.29, 1.82) is 0 Å². The molecular weight excluding hydrogens is 224 g/mol. The van der Waals surface area contributed by atoms with E-state index in [0.717, 1.165) is 0 Å². The summed E-state index contributed by atoms with van der Waals surface area (Å²) in [5, 5.41) is 23.7. The van der Waals surface area contributed by atoms with Crippen LogP contribution in [0.4, 0.5) is 0 Å². The van der Waals surface area contributed by atoms with Crippen LogP contribution < -0.4 is 5.56 Å².